The molecule has 2 heterocycles. The fourth-order valence-corrected chi connectivity index (χ4v) is 4.68. The van der Waals surface area contributed by atoms with Crippen LogP contribution in [0.2, 0.25) is 0 Å². The molecular weight excluding hydrogens is 519 g/mol. The van der Waals surface area contributed by atoms with Gasteiger partial charge in [0.05, 0.1) is 24.2 Å². The zero-order valence-corrected chi connectivity index (χ0v) is 20.7. The Bertz CT molecular complexity index is 1370. The highest BCUT2D eigenvalue weighted by atomic mass is 32.1. The van der Waals surface area contributed by atoms with Crippen molar-refractivity contribution in [3.63, 3.8) is 0 Å². The van der Waals surface area contributed by atoms with Gasteiger partial charge in [0.25, 0.3) is 17.7 Å². The molecule has 2 aromatic carbocycles. The lowest BCUT2D eigenvalue weighted by Crippen LogP contribution is -2.43. The third-order valence-electron chi connectivity index (χ3n) is 5.86. The van der Waals surface area contributed by atoms with Crippen molar-refractivity contribution >= 4 is 29.1 Å². The van der Waals surface area contributed by atoms with Gasteiger partial charge >= 0.3 is 0 Å². The fourth-order valence-electron chi connectivity index (χ4n) is 3.87. The smallest absolute Gasteiger partial charge is 0.271 e. The first kappa shape index (κ1) is 26.8. The lowest BCUT2D eigenvalue weighted by atomic mass is 10.1. The summed E-state index contributed by atoms with van der Waals surface area (Å²) < 4.78 is 40.1. The molecule has 38 heavy (non-hydrogen) atoms. The van der Waals surface area contributed by atoms with Crippen LogP contribution in [0.4, 0.5) is 13.2 Å². The molecule has 0 aliphatic carbocycles. The molecule has 1 aliphatic heterocycles. The minimum absolute atomic E-state index is 0.0816. The average Bonchev–Trinajstić information content (AvgIpc) is 3.50. The number of thiazole rings is 1. The SMILES string of the molecule is N#C[C@@H]1CC(F)(F)CN1C(=O)CNC(=O)c1csc(Cc2ccc(C(=O)NCc3ccc(F)cc3)cc2)n1. The summed E-state index contributed by atoms with van der Waals surface area (Å²) in [5.41, 5.74) is 2.16. The summed E-state index contributed by atoms with van der Waals surface area (Å²) in [6.45, 7) is -1.11. The number of benzene rings is 2. The van der Waals surface area contributed by atoms with E-state index in [1.165, 1.54) is 28.8 Å². The van der Waals surface area contributed by atoms with Crippen molar-refractivity contribution in [1.82, 2.24) is 20.5 Å². The molecule has 4 rings (SSSR count). The number of rotatable bonds is 8. The summed E-state index contributed by atoms with van der Waals surface area (Å²) >= 11 is 1.24. The lowest BCUT2D eigenvalue weighted by Gasteiger charge is -2.19. The standard InChI is InChI=1S/C26H22F3N5O3S/c27-19-7-3-17(4-8-19)12-31-24(36)18-5-1-16(2-6-18)9-22-33-21(14-38-22)25(37)32-13-23(35)34-15-26(28,29)10-20(34)11-30/h1-8,14,20H,9-10,12-13,15H2,(H,31,36)(H,32,37)/t20-/m0/s1. The second kappa shape index (κ2) is 11.4. The van der Waals surface area contributed by atoms with Gasteiger partial charge in [-0.15, -0.1) is 11.3 Å². The highest BCUT2D eigenvalue weighted by molar-refractivity contribution is 7.09. The van der Waals surface area contributed by atoms with Crippen molar-refractivity contribution in [3.8, 4) is 6.07 Å². The Morgan fingerprint density at radius 1 is 1.05 bits per heavy atom. The van der Waals surface area contributed by atoms with Gasteiger partial charge < -0.3 is 15.5 Å². The molecule has 1 aliphatic rings. The highest BCUT2D eigenvalue weighted by Gasteiger charge is 2.47. The third kappa shape index (κ3) is 6.74. The van der Waals surface area contributed by atoms with Crippen molar-refractivity contribution in [2.24, 2.45) is 0 Å². The first-order valence-corrected chi connectivity index (χ1v) is 12.4. The second-order valence-electron chi connectivity index (χ2n) is 8.72. The predicted molar refractivity (Wildman–Crippen MR) is 132 cm³/mol. The normalized spacial score (nSPS) is 16.1. The summed E-state index contributed by atoms with van der Waals surface area (Å²) in [5, 5.41) is 16.3. The number of carbonyl (C=O) groups is 3. The maximum atomic E-state index is 13.5. The molecule has 12 heteroatoms. The molecule has 0 unspecified atom stereocenters. The van der Waals surface area contributed by atoms with Crippen molar-refractivity contribution < 1.29 is 27.6 Å². The van der Waals surface area contributed by atoms with Gasteiger partial charge in [-0.05, 0) is 35.4 Å². The zero-order chi connectivity index (χ0) is 27.3. The lowest BCUT2D eigenvalue weighted by molar-refractivity contribution is -0.131. The van der Waals surface area contributed by atoms with E-state index in [-0.39, 0.29) is 24.0 Å². The molecule has 0 radical (unpaired) electrons. The summed E-state index contributed by atoms with van der Waals surface area (Å²) in [5.74, 6) is -5.15. The van der Waals surface area contributed by atoms with Gasteiger partial charge in [-0.1, -0.05) is 24.3 Å². The summed E-state index contributed by atoms with van der Waals surface area (Å²) in [6.07, 6.45) is -0.318. The number of amides is 3. The van der Waals surface area contributed by atoms with E-state index in [0.717, 1.165) is 16.0 Å². The number of nitrogens with zero attached hydrogens (tertiary/aromatic N) is 3. The van der Waals surface area contributed by atoms with Crippen LogP contribution in [0, 0.1) is 17.1 Å². The molecule has 0 saturated carbocycles. The van der Waals surface area contributed by atoms with Crippen molar-refractivity contribution in [2.75, 3.05) is 13.1 Å². The molecular formula is C26H22F3N5O3S. The topological polar surface area (TPSA) is 115 Å². The third-order valence-corrected chi connectivity index (χ3v) is 6.71. The summed E-state index contributed by atoms with van der Waals surface area (Å²) in [6, 6.07) is 13.2. The number of halogens is 3. The van der Waals surface area contributed by atoms with Crippen molar-refractivity contribution in [1.29, 1.82) is 5.26 Å². The number of hydrogen-bond acceptors (Lipinski definition) is 6. The molecule has 0 spiro atoms. The van der Waals surface area contributed by atoms with Crippen LogP contribution < -0.4 is 10.6 Å². The molecule has 1 atom stereocenters. The molecule has 0 bridgehead atoms. The number of hydrogen-bond donors (Lipinski definition) is 2. The molecule has 196 valence electrons. The average molecular weight is 542 g/mol. The molecule has 8 nitrogen and oxygen atoms in total. The van der Waals surface area contributed by atoms with E-state index in [9.17, 15) is 27.6 Å². The van der Waals surface area contributed by atoms with Gasteiger partial charge in [0, 0.05) is 30.3 Å². The Balaban J connectivity index is 1.26. The Kier molecular flexibility index (Phi) is 8.07. The fraction of sp³-hybridized carbons (Fsp3) is 0.269. The molecule has 1 fully saturated rings. The van der Waals surface area contributed by atoms with Gasteiger partial charge in [-0.3, -0.25) is 14.4 Å². The predicted octanol–water partition coefficient (Wildman–Crippen LogP) is 3.29. The maximum Gasteiger partial charge on any atom is 0.271 e. The number of aromatic nitrogens is 1. The van der Waals surface area contributed by atoms with E-state index >= 15 is 0 Å². The molecule has 1 aromatic heterocycles. The summed E-state index contributed by atoms with van der Waals surface area (Å²) in [4.78, 5) is 42.1. The van der Waals surface area contributed by atoms with Crippen LogP contribution >= 0.6 is 11.3 Å². The van der Waals surface area contributed by atoms with Crippen LogP contribution in [0.1, 0.15) is 43.4 Å². The van der Waals surface area contributed by atoms with Crippen LogP contribution in [-0.2, 0) is 17.8 Å². The second-order valence-corrected chi connectivity index (χ2v) is 9.66. The van der Waals surface area contributed by atoms with Crippen molar-refractivity contribution in [3.05, 3.63) is 87.1 Å². The largest absolute Gasteiger partial charge is 0.348 e. The number of nitriles is 1. The van der Waals surface area contributed by atoms with Crippen molar-refractivity contribution in [2.45, 2.75) is 31.4 Å². The van der Waals surface area contributed by atoms with E-state index in [1.54, 1.807) is 42.5 Å². The minimum atomic E-state index is -3.13. The molecule has 3 aromatic rings. The molecule has 1 saturated heterocycles. The van der Waals surface area contributed by atoms with E-state index < -0.39 is 43.3 Å². The Hall–Kier alpha value is -4.24. The first-order valence-electron chi connectivity index (χ1n) is 11.5. The van der Waals surface area contributed by atoms with E-state index in [4.69, 9.17) is 5.26 Å². The quantitative estimate of drug-likeness (QED) is 0.454. The number of likely N-dealkylation sites (tertiary alicyclic amines) is 1. The number of nitrogens with one attached hydrogen (secondary N) is 2. The Labute approximate surface area is 220 Å². The molecule has 3 amide bonds. The molecule has 2 N–H and O–H groups in total. The van der Waals surface area contributed by atoms with Crippen LogP contribution in [-0.4, -0.2) is 52.7 Å². The van der Waals surface area contributed by atoms with Gasteiger partial charge in [0.1, 0.15) is 17.6 Å². The number of carbonyl (C=O) groups excluding carboxylic acids is 3. The van der Waals surface area contributed by atoms with Crippen LogP contribution in [0.5, 0.6) is 0 Å². The number of alkyl halides is 2. The Morgan fingerprint density at radius 3 is 2.42 bits per heavy atom. The van der Waals surface area contributed by atoms with E-state index in [1.807, 2.05) is 0 Å². The van der Waals surface area contributed by atoms with Gasteiger partial charge in [-0.2, -0.15) is 5.26 Å². The maximum absolute atomic E-state index is 13.5. The van der Waals surface area contributed by atoms with Crippen LogP contribution in [0.25, 0.3) is 0 Å². The first-order chi connectivity index (χ1) is 18.1. The highest BCUT2D eigenvalue weighted by Crippen LogP contribution is 2.31. The summed E-state index contributed by atoms with van der Waals surface area (Å²) in [7, 11) is 0. The van der Waals surface area contributed by atoms with Crippen LogP contribution in [0.3, 0.4) is 0 Å². The minimum Gasteiger partial charge on any atom is -0.348 e. The van der Waals surface area contributed by atoms with E-state index in [0.29, 0.717) is 17.0 Å². The van der Waals surface area contributed by atoms with Crippen LogP contribution in [0.15, 0.2) is 53.9 Å². The zero-order valence-electron chi connectivity index (χ0n) is 19.9. The van der Waals surface area contributed by atoms with E-state index in [2.05, 4.69) is 15.6 Å². The van der Waals surface area contributed by atoms with Gasteiger partial charge in [0.15, 0.2) is 0 Å². The Morgan fingerprint density at radius 2 is 1.74 bits per heavy atom. The van der Waals surface area contributed by atoms with Gasteiger partial charge in [-0.25, -0.2) is 18.2 Å². The monoisotopic (exact) mass is 541 g/mol. The van der Waals surface area contributed by atoms with Gasteiger partial charge in [0.2, 0.25) is 5.91 Å².